The van der Waals surface area contributed by atoms with Gasteiger partial charge in [-0.2, -0.15) is 15.3 Å². The maximum atomic E-state index is 12.5. The number of aromatic amines is 1. The molecular formula is C17H16N6O2. The zero-order valence-electron chi connectivity index (χ0n) is 13.6. The minimum absolute atomic E-state index is 0.141. The van der Waals surface area contributed by atoms with Crippen LogP contribution in [0.5, 0.6) is 0 Å². The van der Waals surface area contributed by atoms with Gasteiger partial charge < -0.3 is 0 Å². The zero-order valence-corrected chi connectivity index (χ0v) is 13.6. The number of H-pyrrole nitrogens is 1. The zero-order chi connectivity index (χ0) is 17.4. The lowest BCUT2D eigenvalue weighted by molar-refractivity contribution is 0.0950. The Morgan fingerprint density at radius 3 is 2.92 bits per heavy atom. The highest BCUT2D eigenvalue weighted by atomic mass is 16.2. The highest BCUT2D eigenvalue weighted by Gasteiger charge is 2.20. The third-order valence-electron chi connectivity index (χ3n) is 4.25. The molecule has 0 aliphatic heterocycles. The molecular weight excluding hydrogens is 320 g/mol. The van der Waals surface area contributed by atoms with Gasteiger partial charge in [-0.25, -0.2) is 10.5 Å². The number of hydrogen-bond donors (Lipinski definition) is 2. The molecule has 1 amide bonds. The van der Waals surface area contributed by atoms with Crippen molar-refractivity contribution in [3.05, 3.63) is 57.8 Å². The van der Waals surface area contributed by atoms with Crippen molar-refractivity contribution in [1.29, 1.82) is 0 Å². The fourth-order valence-corrected chi connectivity index (χ4v) is 3.09. The molecule has 1 aliphatic rings. The minimum Gasteiger partial charge on any atom is -0.275 e. The average molecular weight is 336 g/mol. The van der Waals surface area contributed by atoms with Gasteiger partial charge in [-0.15, -0.1) is 0 Å². The second kappa shape index (κ2) is 5.97. The van der Waals surface area contributed by atoms with Crippen LogP contribution < -0.4 is 11.0 Å². The van der Waals surface area contributed by atoms with Crippen LogP contribution in [0.15, 0.2) is 40.4 Å². The molecule has 2 heterocycles. The summed E-state index contributed by atoms with van der Waals surface area (Å²) in [5, 5.41) is 15.8. The van der Waals surface area contributed by atoms with Gasteiger partial charge in [-0.3, -0.25) is 14.3 Å². The summed E-state index contributed by atoms with van der Waals surface area (Å²) in [5.41, 5.74) is 5.13. The lowest BCUT2D eigenvalue weighted by Crippen LogP contribution is -2.25. The van der Waals surface area contributed by atoms with Crippen LogP contribution in [-0.4, -0.2) is 31.6 Å². The van der Waals surface area contributed by atoms with Crippen LogP contribution in [0.25, 0.3) is 10.8 Å². The van der Waals surface area contributed by atoms with Crippen molar-refractivity contribution >= 4 is 22.4 Å². The molecule has 3 aromatic rings. The summed E-state index contributed by atoms with van der Waals surface area (Å²) in [6.07, 6.45) is 4.54. The van der Waals surface area contributed by atoms with Gasteiger partial charge in [-0.1, -0.05) is 18.2 Å². The minimum atomic E-state index is -0.462. The van der Waals surface area contributed by atoms with Crippen molar-refractivity contribution in [2.75, 3.05) is 0 Å². The third kappa shape index (κ3) is 2.71. The van der Waals surface area contributed by atoms with E-state index in [-0.39, 0.29) is 11.3 Å². The third-order valence-corrected chi connectivity index (χ3v) is 4.25. The number of benzene rings is 1. The van der Waals surface area contributed by atoms with E-state index in [1.165, 1.54) is 0 Å². The monoisotopic (exact) mass is 336 g/mol. The molecule has 0 radical (unpaired) electrons. The first kappa shape index (κ1) is 15.3. The Kier molecular flexibility index (Phi) is 3.64. The van der Waals surface area contributed by atoms with E-state index in [2.05, 4.69) is 25.8 Å². The van der Waals surface area contributed by atoms with Gasteiger partial charge in [0.25, 0.3) is 11.5 Å². The fourth-order valence-electron chi connectivity index (χ4n) is 3.09. The van der Waals surface area contributed by atoms with Gasteiger partial charge in [0, 0.05) is 24.2 Å². The van der Waals surface area contributed by atoms with E-state index in [0.29, 0.717) is 10.8 Å². The van der Waals surface area contributed by atoms with Crippen LogP contribution >= 0.6 is 0 Å². The fraction of sp³-hybridized carbons (Fsp3) is 0.235. The van der Waals surface area contributed by atoms with E-state index in [4.69, 9.17) is 0 Å². The molecule has 25 heavy (non-hydrogen) atoms. The normalized spacial score (nSPS) is 15.3. The smallest absolute Gasteiger partial charge is 0.275 e. The lowest BCUT2D eigenvalue weighted by Gasteiger charge is -2.12. The number of rotatable bonds is 2. The number of nitrogens with one attached hydrogen (secondary N) is 2. The number of aromatic nitrogens is 4. The summed E-state index contributed by atoms with van der Waals surface area (Å²) in [5.74, 6) is -0.462. The molecule has 2 N–H and O–H groups in total. The van der Waals surface area contributed by atoms with Crippen LogP contribution in [0.3, 0.4) is 0 Å². The number of carbonyl (C=O) groups excluding carboxylic acids is 1. The van der Waals surface area contributed by atoms with Crippen molar-refractivity contribution in [2.24, 2.45) is 12.1 Å². The number of hydrazone groups is 1. The van der Waals surface area contributed by atoms with Gasteiger partial charge in [0.2, 0.25) is 0 Å². The van der Waals surface area contributed by atoms with Gasteiger partial charge in [0.05, 0.1) is 16.8 Å². The van der Waals surface area contributed by atoms with Crippen LogP contribution in [0, 0.1) is 0 Å². The second-order valence-electron chi connectivity index (χ2n) is 5.96. The molecule has 0 saturated carbocycles. The largest absolute Gasteiger partial charge is 0.292 e. The average Bonchev–Trinajstić information content (AvgIpc) is 3.01. The molecule has 2 aromatic heterocycles. The van der Waals surface area contributed by atoms with E-state index in [1.54, 1.807) is 28.9 Å². The summed E-state index contributed by atoms with van der Waals surface area (Å²) < 4.78 is 1.75. The molecule has 1 aliphatic carbocycles. The number of fused-ring (bicyclic) bond motifs is 2. The Balaban J connectivity index is 1.66. The van der Waals surface area contributed by atoms with Crippen LogP contribution in [0.2, 0.25) is 0 Å². The predicted molar refractivity (Wildman–Crippen MR) is 92.5 cm³/mol. The Morgan fingerprint density at radius 2 is 2.08 bits per heavy atom. The van der Waals surface area contributed by atoms with E-state index in [1.807, 2.05) is 13.2 Å². The summed E-state index contributed by atoms with van der Waals surface area (Å²) in [6.45, 7) is 0. The van der Waals surface area contributed by atoms with E-state index in [9.17, 15) is 9.59 Å². The first-order chi connectivity index (χ1) is 12.1. The van der Waals surface area contributed by atoms with Crippen molar-refractivity contribution in [1.82, 2.24) is 25.4 Å². The molecule has 126 valence electrons. The summed E-state index contributed by atoms with van der Waals surface area (Å²) in [7, 11) is 1.87. The molecule has 8 heteroatoms. The first-order valence-corrected chi connectivity index (χ1v) is 8.00. The van der Waals surface area contributed by atoms with E-state index >= 15 is 0 Å². The highest BCUT2D eigenvalue weighted by Crippen LogP contribution is 2.20. The van der Waals surface area contributed by atoms with Crippen LogP contribution in [0.1, 0.15) is 34.6 Å². The molecule has 0 unspecified atom stereocenters. The summed E-state index contributed by atoms with van der Waals surface area (Å²) in [4.78, 5) is 24.3. The molecule has 0 bridgehead atoms. The van der Waals surface area contributed by atoms with E-state index in [0.717, 1.165) is 36.2 Å². The Hall–Kier alpha value is -3.29. The number of nitrogens with zero attached hydrogens (tertiary/aromatic N) is 4. The first-order valence-electron chi connectivity index (χ1n) is 8.00. The maximum Gasteiger partial charge on any atom is 0.292 e. The quantitative estimate of drug-likeness (QED) is 0.684. The molecule has 1 aromatic carbocycles. The number of carbonyl (C=O) groups is 1. The Bertz CT molecular complexity index is 1060. The lowest BCUT2D eigenvalue weighted by atomic mass is 9.96. The van der Waals surface area contributed by atoms with E-state index < -0.39 is 5.91 Å². The Morgan fingerprint density at radius 1 is 1.28 bits per heavy atom. The summed E-state index contributed by atoms with van der Waals surface area (Å²) in [6, 6.07) is 6.85. The SMILES string of the molecule is Cn1cc2c(n1)CCC/C2=N\NC(=O)c1n[nH]c(=O)c2ccccc12. The topological polar surface area (TPSA) is 105 Å². The maximum absolute atomic E-state index is 12.5. The van der Waals surface area contributed by atoms with Crippen molar-refractivity contribution in [2.45, 2.75) is 19.3 Å². The molecule has 0 saturated heterocycles. The number of hydrogen-bond acceptors (Lipinski definition) is 5. The van der Waals surface area contributed by atoms with Gasteiger partial charge >= 0.3 is 0 Å². The van der Waals surface area contributed by atoms with Gasteiger partial charge in [0.1, 0.15) is 0 Å². The number of aryl methyl sites for hydroxylation is 2. The number of amides is 1. The van der Waals surface area contributed by atoms with Crippen molar-refractivity contribution < 1.29 is 4.79 Å². The molecule has 0 atom stereocenters. The van der Waals surface area contributed by atoms with Gasteiger partial charge in [0.15, 0.2) is 5.69 Å². The molecule has 0 spiro atoms. The second-order valence-corrected chi connectivity index (χ2v) is 5.96. The highest BCUT2D eigenvalue weighted by molar-refractivity contribution is 6.06. The predicted octanol–water partition coefficient (Wildman–Crippen LogP) is 1.13. The van der Waals surface area contributed by atoms with Crippen molar-refractivity contribution in [3.63, 3.8) is 0 Å². The van der Waals surface area contributed by atoms with Gasteiger partial charge in [-0.05, 0) is 25.3 Å². The molecule has 0 fully saturated rings. The van der Waals surface area contributed by atoms with Crippen LogP contribution in [-0.2, 0) is 13.5 Å². The van der Waals surface area contributed by atoms with Crippen molar-refractivity contribution in [3.8, 4) is 0 Å². The Labute approximate surface area is 142 Å². The standard InChI is InChI=1S/C17H16N6O2/c1-23-9-12-13(7-4-8-14(12)22-23)18-21-17(25)15-10-5-2-3-6-11(10)16(24)20-19-15/h2-3,5-6,9H,4,7-8H2,1H3,(H,20,24)(H,21,25)/b18-13+. The molecule has 4 rings (SSSR count). The summed E-state index contributed by atoms with van der Waals surface area (Å²) >= 11 is 0. The van der Waals surface area contributed by atoms with Crippen LogP contribution in [0.4, 0.5) is 0 Å². The molecule has 8 nitrogen and oxygen atoms in total.